The highest BCUT2D eigenvalue weighted by Crippen LogP contribution is 2.44. The van der Waals surface area contributed by atoms with Gasteiger partial charge in [-0.15, -0.1) is 0 Å². The molecule has 2 atom stereocenters. The molecule has 0 bridgehead atoms. The van der Waals surface area contributed by atoms with E-state index in [9.17, 15) is 24.6 Å². The van der Waals surface area contributed by atoms with Crippen molar-refractivity contribution in [3.05, 3.63) is 42.3 Å². The molecule has 3 rings (SSSR count). The molecule has 1 amide bonds. The fraction of sp³-hybridized carbons (Fsp3) is 0.500. The highest BCUT2D eigenvalue weighted by Gasteiger charge is 2.45. The maximum Gasteiger partial charge on any atom is 0.326 e. The highest BCUT2D eigenvalue weighted by molar-refractivity contribution is 5.88. The van der Waals surface area contributed by atoms with Crippen molar-refractivity contribution in [2.75, 3.05) is 0 Å². The number of oxazole rings is 1. The van der Waals surface area contributed by atoms with E-state index in [4.69, 9.17) is 4.42 Å². The Hall–Kier alpha value is -3.16. The van der Waals surface area contributed by atoms with Gasteiger partial charge in [-0.3, -0.25) is 9.59 Å². The first kappa shape index (κ1) is 23.5. The molecule has 1 aromatic carbocycles. The summed E-state index contributed by atoms with van der Waals surface area (Å²) in [6.45, 7) is 1.92. The maximum atomic E-state index is 13.2. The van der Waals surface area contributed by atoms with Crippen LogP contribution < -0.4 is 5.32 Å². The van der Waals surface area contributed by atoms with Crippen LogP contribution in [0.3, 0.4) is 0 Å². The molecule has 1 fully saturated rings. The zero-order valence-electron chi connectivity index (χ0n) is 18.3. The van der Waals surface area contributed by atoms with Crippen molar-refractivity contribution in [1.82, 2.24) is 10.3 Å². The minimum atomic E-state index is -1.19. The first-order valence-electron chi connectivity index (χ1n) is 11.1. The fourth-order valence-corrected chi connectivity index (χ4v) is 4.54. The summed E-state index contributed by atoms with van der Waals surface area (Å²) in [5.41, 5.74) is -0.0714. The van der Waals surface area contributed by atoms with E-state index in [1.807, 2.05) is 37.3 Å². The summed E-state index contributed by atoms with van der Waals surface area (Å²) in [5.74, 6) is -2.34. The molecule has 1 saturated carbocycles. The minimum Gasteiger partial charge on any atom is -0.481 e. The minimum absolute atomic E-state index is 0.0473. The molecular weight excluding hydrogens is 412 g/mol. The van der Waals surface area contributed by atoms with E-state index in [0.717, 1.165) is 18.4 Å². The molecule has 32 heavy (non-hydrogen) atoms. The van der Waals surface area contributed by atoms with Crippen molar-refractivity contribution in [2.24, 2.45) is 11.3 Å². The lowest BCUT2D eigenvalue weighted by atomic mass is 9.75. The molecule has 0 unspecified atom stereocenters. The number of nitrogens with one attached hydrogen (secondary N) is 1. The number of amides is 1. The number of benzene rings is 1. The number of carbonyl (C=O) groups is 3. The SMILES string of the molecule is CCC[C@H](CC1(C(=O)N[C@@H](Cc2cnc(-c3ccccc3)o2)C(=O)O)CCCC1)C(=O)O. The van der Waals surface area contributed by atoms with Gasteiger partial charge in [-0.05, 0) is 37.8 Å². The Morgan fingerprint density at radius 1 is 1.12 bits per heavy atom. The summed E-state index contributed by atoms with van der Waals surface area (Å²) in [6.07, 6.45) is 5.64. The second-order valence-electron chi connectivity index (χ2n) is 8.58. The first-order valence-corrected chi connectivity index (χ1v) is 11.1. The van der Waals surface area contributed by atoms with Crippen molar-refractivity contribution in [3.63, 3.8) is 0 Å². The van der Waals surface area contributed by atoms with Crippen LogP contribution in [0.5, 0.6) is 0 Å². The number of carboxylic acids is 2. The van der Waals surface area contributed by atoms with Gasteiger partial charge in [0.2, 0.25) is 11.8 Å². The Bertz CT molecular complexity index is 933. The van der Waals surface area contributed by atoms with Crippen LogP contribution in [0.15, 0.2) is 40.9 Å². The lowest BCUT2D eigenvalue weighted by molar-refractivity contribution is -0.147. The number of hydrogen-bond acceptors (Lipinski definition) is 5. The molecule has 1 aromatic heterocycles. The molecule has 1 aliphatic carbocycles. The summed E-state index contributed by atoms with van der Waals surface area (Å²) in [6, 6.07) is 8.06. The highest BCUT2D eigenvalue weighted by atomic mass is 16.4. The summed E-state index contributed by atoms with van der Waals surface area (Å²) in [4.78, 5) is 41.0. The average molecular weight is 443 g/mol. The molecule has 0 spiro atoms. The number of carboxylic acid groups (broad SMARTS) is 2. The van der Waals surface area contributed by atoms with Crippen LogP contribution in [0.25, 0.3) is 11.5 Å². The third kappa shape index (κ3) is 5.55. The van der Waals surface area contributed by atoms with Gasteiger partial charge in [0.1, 0.15) is 11.8 Å². The van der Waals surface area contributed by atoms with Crippen LogP contribution in [0, 0.1) is 11.3 Å². The third-order valence-electron chi connectivity index (χ3n) is 6.25. The number of nitrogens with zero attached hydrogens (tertiary/aromatic N) is 1. The predicted molar refractivity (Wildman–Crippen MR) is 117 cm³/mol. The molecule has 1 heterocycles. The van der Waals surface area contributed by atoms with E-state index in [1.165, 1.54) is 6.20 Å². The summed E-state index contributed by atoms with van der Waals surface area (Å²) < 4.78 is 5.71. The lowest BCUT2D eigenvalue weighted by Gasteiger charge is -2.31. The zero-order chi connectivity index (χ0) is 23.1. The fourth-order valence-electron chi connectivity index (χ4n) is 4.54. The number of carbonyl (C=O) groups excluding carboxylic acids is 1. The van der Waals surface area contributed by atoms with Crippen LogP contribution in [-0.4, -0.2) is 39.1 Å². The second kappa shape index (κ2) is 10.4. The Kier molecular flexibility index (Phi) is 7.66. The Balaban J connectivity index is 1.73. The van der Waals surface area contributed by atoms with E-state index in [-0.39, 0.29) is 18.7 Å². The van der Waals surface area contributed by atoms with Gasteiger partial charge in [0, 0.05) is 12.0 Å². The molecule has 3 N–H and O–H groups in total. The van der Waals surface area contributed by atoms with Crippen LogP contribution in [-0.2, 0) is 20.8 Å². The Morgan fingerprint density at radius 2 is 1.81 bits per heavy atom. The van der Waals surface area contributed by atoms with Crippen molar-refractivity contribution in [2.45, 2.75) is 64.3 Å². The molecule has 0 aliphatic heterocycles. The Labute approximate surface area is 187 Å². The van der Waals surface area contributed by atoms with Gasteiger partial charge in [0.15, 0.2) is 0 Å². The summed E-state index contributed by atoms with van der Waals surface area (Å²) >= 11 is 0. The smallest absolute Gasteiger partial charge is 0.326 e. The monoisotopic (exact) mass is 442 g/mol. The largest absolute Gasteiger partial charge is 0.481 e. The Morgan fingerprint density at radius 3 is 2.41 bits per heavy atom. The van der Waals surface area contributed by atoms with Crippen molar-refractivity contribution in [1.29, 1.82) is 0 Å². The number of rotatable bonds is 11. The van der Waals surface area contributed by atoms with E-state index in [1.54, 1.807) is 0 Å². The first-order chi connectivity index (χ1) is 15.3. The molecular formula is C24H30N2O6. The van der Waals surface area contributed by atoms with Crippen LogP contribution >= 0.6 is 0 Å². The zero-order valence-corrected chi connectivity index (χ0v) is 18.3. The average Bonchev–Trinajstić information content (AvgIpc) is 3.44. The van der Waals surface area contributed by atoms with Gasteiger partial charge in [0.25, 0.3) is 0 Å². The van der Waals surface area contributed by atoms with Gasteiger partial charge in [0.05, 0.1) is 17.5 Å². The van der Waals surface area contributed by atoms with Crippen molar-refractivity contribution in [3.8, 4) is 11.5 Å². The standard InChI is InChI=1S/C24H30N2O6/c1-2-8-17(21(27)28)14-24(11-6-7-12-24)23(31)26-19(22(29)30)13-18-15-25-20(32-18)16-9-4-3-5-10-16/h3-5,9-10,15,17,19H,2,6-8,11-14H2,1H3,(H,26,31)(H,27,28)(H,29,30)/t17-,19+/m1/s1. The number of hydrogen-bond donors (Lipinski definition) is 3. The molecule has 1 aliphatic rings. The third-order valence-corrected chi connectivity index (χ3v) is 6.25. The molecule has 8 nitrogen and oxygen atoms in total. The van der Waals surface area contributed by atoms with E-state index in [2.05, 4.69) is 10.3 Å². The number of aliphatic carboxylic acids is 2. The van der Waals surface area contributed by atoms with E-state index in [0.29, 0.717) is 37.3 Å². The summed E-state index contributed by atoms with van der Waals surface area (Å²) in [7, 11) is 0. The topological polar surface area (TPSA) is 130 Å². The molecule has 2 aromatic rings. The summed E-state index contributed by atoms with van der Waals surface area (Å²) in [5, 5.41) is 22.0. The van der Waals surface area contributed by atoms with Gasteiger partial charge in [-0.2, -0.15) is 0 Å². The second-order valence-corrected chi connectivity index (χ2v) is 8.58. The van der Waals surface area contributed by atoms with Crippen LogP contribution in [0.1, 0.15) is 57.6 Å². The van der Waals surface area contributed by atoms with Gasteiger partial charge in [-0.1, -0.05) is 44.4 Å². The van der Waals surface area contributed by atoms with Crippen LogP contribution in [0.2, 0.25) is 0 Å². The quantitative estimate of drug-likeness (QED) is 0.481. The van der Waals surface area contributed by atoms with Gasteiger partial charge in [-0.25, -0.2) is 9.78 Å². The number of aromatic nitrogens is 1. The molecule has 8 heteroatoms. The van der Waals surface area contributed by atoms with Crippen LogP contribution in [0.4, 0.5) is 0 Å². The van der Waals surface area contributed by atoms with Crippen molar-refractivity contribution < 1.29 is 29.0 Å². The maximum absolute atomic E-state index is 13.2. The van der Waals surface area contributed by atoms with Gasteiger partial charge >= 0.3 is 11.9 Å². The molecule has 172 valence electrons. The normalized spacial score (nSPS) is 16.9. The van der Waals surface area contributed by atoms with Gasteiger partial charge < -0.3 is 19.9 Å². The van der Waals surface area contributed by atoms with E-state index < -0.39 is 29.3 Å². The van der Waals surface area contributed by atoms with E-state index >= 15 is 0 Å². The molecule has 0 radical (unpaired) electrons. The predicted octanol–water partition coefficient (Wildman–Crippen LogP) is 3.90. The van der Waals surface area contributed by atoms with Crippen molar-refractivity contribution >= 4 is 17.8 Å². The molecule has 0 saturated heterocycles. The lowest BCUT2D eigenvalue weighted by Crippen LogP contribution is -2.49.